The Bertz CT molecular complexity index is 1160. The summed E-state index contributed by atoms with van der Waals surface area (Å²) < 4.78 is 34.1. The second-order valence-corrected chi connectivity index (χ2v) is 9.33. The van der Waals surface area contributed by atoms with E-state index in [-0.39, 0.29) is 4.90 Å². The fourth-order valence-corrected chi connectivity index (χ4v) is 3.88. The molecule has 4 rings (SSSR count). The molecule has 2 N–H and O–H groups in total. The summed E-state index contributed by atoms with van der Waals surface area (Å²) in [5.74, 6) is 2.56. The molecule has 2 heterocycles. The van der Waals surface area contributed by atoms with Crippen molar-refractivity contribution in [2.75, 3.05) is 55.2 Å². The number of anilines is 5. The van der Waals surface area contributed by atoms with E-state index in [2.05, 4.69) is 25.5 Å². The number of hydrogen-bond donors (Lipinski definition) is 2. The van der Waals surface area contributed by atoms with E-state index in [1.165, 1.54) is 6.26 Å². The van der Waals surface area contributed by atoms with Gasteiger partial charge in [-0.15, -0.1) is 0 Å². The molecule has 3 aromatic rings. The molecule has 1 saturated heterocycles. The van der Waals surface area contributed by atoms with E-state index in [1.54, 1.807) is 31.4 Å². The Kier molecular flexibility index (Phi) is 6.42. The molecule has 2 aromatic carbocycles. The third-order valence-electron chi connectivity index (χ3n) is 4.95. The number of rotatable bonds is 7. The van der Waals surface area contributed by atoms with E-state index in [9.17, 15) is 8.42 Å². The molecule has 10 heteroatoms. The molecular formula is C22H25N5O4S. The van der Waals surface area contributed by atoms with Crippen LogP contribution in [0.15, 0.2) is 59.5 Å². The van der Waals surface area contributed by atoms with E-state index in [1.807, 2.05) is 30.3 Å². The largest absolute Gasteiger partial charge is 0.497 e. The van der Waals surface area contributed by atoms with Gasteiger partial charge in [0.05, 0.1) is 25.2 Å². The van der Waals surface area contributed by atoms with E-state index in [0.29, 0.717) is 25.0 Å². The van der Waals surface area contributed by atoms with Crippen LogP contribution in [0, 0.1) is 0 Å². The molecule has 0 aliphatic carbocycles. The molecule has 32 heavy (non-hydrogen) atoms. The van der Waals surface area contributed by atoms with Crippen LogP contribution < -0.4 is 20.3 Å². The second-order valence-electron chi connectivity index (χ2n) is 7.31. The van der Waals surface area contributed by atoms with Gasteiger partial charge in [-0.2, -0.15) is 9.97 Å². The number of methoxy groups -OCH3 is 1. The Morgan fingerprint density at radius 3 is 2.19 bits per heavy atom. The van der Waals surface area contributed by atoms with Crippen molar-refractivity contribution in [2.45, 2.75) is 4.90 Å². The summed E-state index contributed by atoms with van der Waals surface area (Å²) >= 11 is 0. The fraction of sp³-hybridized carbons (Fsp3) is 0.273. The number of benzene rings is 2. The lowest BCUT2D eigenvalue weighted by Crippen LogP contribution is -2.36. The zero-order valence-corrected chi connectivity index (χ0v) is 18.7. The maximum Gasteiger partial charge on any atom is 0.231 e. The number of sulfone groups is 1. The van der Waals surface area contributed by atoms with Crippen LogP contribution in [0.4, 0.5) is 29.0 Å². The van der Waals surface area contributed by atoms with Crippen molar-refractivity contribution in [2.24, 2.45) is 0 Å². The number of nitrogens with zero attached hydrogens (tertiary/aromatic N) is 3. The van der Waals surface area contributed by atoms with Gasteiger partial charge in [0, 0.05) is 36.8 Å². The first-order chi connectivity index (χ1) is 15.4. The molecular weight excluding hydrogens is 430 g/mol. The van der Waals surface area contributed by atoms with Gasteiger partial charge in [0.25, 0.3) is 0 Å². The van der Waals surface area contributed by atoms with Gasteiger partial charge in [-0.25, -0.2) is 8.42 Å². The lowest BCUT2D eigenvalue weighted by molar-refractivity contribution is 0.122. The average Bonchev–Trinajstić information content (AvgIpc) is 2.80. The molecule has 0 unspecified atom stereocenters. The molecule has 1 aliphatic rings. The Morgan fingerprint density at radius 1 is 0.938 bits per heavy atom. The summed E-state index contributed by atoms with van der Waals surface area (Å²) in [6.45, 7) is 2.75. The lowest BCUT2D eigenvalue weighted by Gasteiger charge is -2.28. The highest BCUT2D eigenvalue weighted by atomic mass is 32.2. The van der Waals surface area contributed by atoms with Crippen molar-refractivity contribution in [1.29, 1.82) is 0 Å². The molecule has 1 fully saturated rings. The first kappa shape index (κ1) is 21.8. The highest BCUT2D eigenvalue weighted by molar-refractivity contribution is 7.90. The van der Waals surface area contributed by atoms with Gasteiger partial charge in [0.2, 0.25) is 5.95 Å². The normalized spacial score (nSPS) is 14.1. The summed E-state index contributed by atoms with van der Waals surface area (Å²) in [5, 5.41) is 6.48. The number of nitrogens with one attached hydrogen (secondary N) is 2. The van der Waals surface area contributed by atoms with Gasteiger partial charge < -0.3 is 25.0 Å². The molecule has 0 atom stereocenters. The van der Waals surface area contributed by atoms with Crippen LogP contribution in [0.25, 0.3) is 0 Å². The van der Waals surface area contributed by atoms with Gasteiger partial charge in [-0.3, -0.25) is 0 Å². The van der Waals surface area contributed by atoms with Crippen LogP contribution in [-0.4, -0.2) is 58.1 Å². The molecule has 168 valence electrons. The number of morpholine rings is 1. The molecule has 0 radical (unpaired) electrons. The summed E-state index contributed by atoms with van der Waals surface area (Å²) in [5.41, 5.74) is 1.55. The summed E-state index contributed by atoms with van der Waals surface area (Å²) in [6.07, 6.45) is 1.19. The van der Waals surface area contributed by atoms with E-state index in [0.717, 1.165) is 36.0 Å². The van der Waals surface area contributed by atoms with Gasteiger partial charge in [-0.1, -0.05) is 0 Å². The van der Waals surface area contributed by atoms with Gasteiger partial charge >= 0.3 is 0 Å². The van der Waals surface area contributed by atoms with Crippen molar-refractivity contribution in [3.05, 3.63) is 54.6 Å². The smallest absolute Gasteiger partial charge is 0.231 e. The zero-order valence-electron chi connectivity index (χ0n) is 17.9. The monoisotopic (exact) mass is 455 g/mol. The molecule has 0 saturated carbocycles. The first-order valence-electron chi connectivity index (χ1n) is 10.1. The van der Waals surface area contributed by atoms with Crippen LogP contribution in [0.3, 0.4) is 0 Å². The van der Waals surface area contributed by atoms with Crippen LogP contribution in [0.5, 0.6) is 5.75 Å². The predicted molar refractivity (Wildman–Crippen MR) is 124 cm³/mol. The highest BCUT2D eigenvalue weighted by Gasteiger charge is 2.16. The van der Waals surface area contributed by atoms with Crippen molar-refractivity contribution < 1.29 is 17.9 Å². The quantitative estimate of drug-likeness (QED) is 0.555. The minimum Gasteiger partial charge on any atom is -0.497 e. The molecule has 0 bridgehead atoms. The number of aromatic nitrogens is 2. The van der Waals surface area contributed by atoms with Gasteiger partial charge in [0.15, 0.2) is 9.84 Å². The third kappa shape index (κ3) is 5.45. The summed E-state index contributed by atoms with van der Waals surface area (Å²) in [7, 11) is -1.63. The Morgan fingerprint density at radius 2 is 1.56 bits per heavy atom. The lowest BCUT2D eigenvalue weighted by atomic mass is 10.3. The number of ether oxygens (including phenoxy) is 2. The summed E-state index contributed by atoms with van der Waals surface area (Å²) in [6, 6.07) is 15.9. The SMILES string of the molecule is COc1ccc(Nc2nc(Nc3ccc(S(C)(=O)=O)cc3)cc(N3CCOCC3)n2)cc1. The standard InChI is InChI=1S/C22H25N5O4S/c1-30-18-7-3-17(4-8-18)24-22-25-20(15-21(26-22)27-11-13-31-14-12-27)23-16-5-9-19(10-6-16)32(2,28)29/h3-10,15H,11-14H2,1-2H3,(H2,23,24,25,26). The van der Waals surface area contributed by atoms with Crippen LogP contribution >= 0.6 is 0 Å². The minimum atomic E-state index is -3.25. The van der Waals surface area contributed by atoms with Gasteiger partial charge in [0.1, 0.15) is 17.4 Å². The van der Waals surface area contributed by atoms with E-state index < -0.39 is 9.84 Å². The minimum absolute atomic E-state index is 0.265. The summed E-state index contributed by atoms with van der Waals surface area (Å²) in [4.78, 5) is 11.7. The van der Waals surface area contributed by atoms with E-state index in [4.69, 9.17) is 9.47 Å². The molecule has 1 aromatic heterocycles. The zero-order chi connectivity index (χ0) is 22.6. The maximum absolute atomic E-state index is 11.7. The number of hydrogen-bond acceptors (Lipinski definition) is 9. The Balaban J connectivity index is 1.61. The third-order valence-corrected chi connectivity index (χ3v) is 6.08. The molecule has 0 amide bonds. The maximum atomic E-state index is 11.7. The molecule has 9 nitrogen and oxygen atoms in total. The molecule has 0 spiro atoms. The van der Waals surface area contributed by atoms with Crippen molar-refractivity contribution >= 4 is 38.8 Å². The average molecular weight is 456 g/mol. The van der Waals surface area contributed by atoms with Crippen LogP contribution in [-0.2, 0) is 14.6 Å². The topological polar surface area (TPSA) is 106 Å². The van der Waals surface area contributed by atoms with E-state index >= 15 is 0 Å². The van der Waals surface area contributed by atoms with Crippen LogP contribution in [0.1, 0.15) is 0 Å². The Hall–Kier alpha value is -3.37. The molecule has 1 aliphatic heterocycles. The van der Waals surface area contributed by atoms with Crippen molar-refractivity contribution in [3.8, 4) is 5.75 Å². The predicted octanol–water partition coefficient (Wildman–Crippen LogP) is 3.21. The first-order valence-corrected chi connectivity index (χ1v) is 12.0. The Labute approximate surface area is 187 Å². The van der Waals surface area contributed by atoms with Gasteiger partial charge in [-0.05, 0) is 48.5 Å². The van der Waals surface area contributed by atoms with Crippen LogP contribution in [0.2, 0.25) is 0 Å². The highest BCUT2D eigenvalue weighted by Crippen LogP contribution is 2.25. The fourth-order valence-electron chi connectivity index (χ4n) is 3.25. The van der Waals surface area contributed by atoms with Crippen molar-refractivity contribution in [1.82, 2.24) is 9.97 Å². The van der Waals surface area contributed by atoms with Crippen molar-refractivity contribution in [3.63, 3.8) is 0 Å². The second kappa shape index (κ2) is 9.41.